The Morgan fingerprint density at radius 3 is 2.69 bits per heavy atom. The van der Waals surface area contributed by atoms with Crippen LogP contribution in [0.15, 0.2) is 36.5 Å². The van der Waals surface area contributed by atoms with E-state index < -0.39 is 11.8 Å². The van der Waals surface area contributed by atoms with E-state index in [9.17, 15) is 14.0 Å². The van der Waals surface area contributed by atoms with Gasteiger partial charge < -0.3 is 15.4 Å². The van der Waals surface area contributed by atoms with Gasteiger partial charge in [0.25, 0.3) is 0 Å². The highest BCUT2D eigenvalue weighted by Gasteiger charge is 2.30. The fourth-order valence-electron chi connectivity index (χ4n) is 3.77. The molecule has 0 saturated carbocycles. The fraction of sp³-hybridized carbons (Fsp3) is 0.435. The van der Waals surface area contributed by atoms with Crippen LogP contribution in [0.2, 0.25) is 0 Å². The topological polar surface area (TPSA) is 92.0 Å². The highest BCUT2D eigenvalue weighted by Crippen LogP contribution is 2.29. The van der Waals surface area contributed by atoms with Gasteiger partial charge in [-0.25, -0.2) is 14.0 Å². The number of hydrogen-bond donors (Lipinski definition) is 1. The van der Waals surface area contributed by atoms with Gasteiger partial charge in [0.15, 0.2) is 0 Å². The lowest BCUT2D eigenvalue weighted by molar-refractivity contribution is 0.0730. The lowest BCUT2D eigenvalue weighted by atomic mass is 10.1. The van der Waals surface area contributed by atoms with Gasteiger partial charge in [-0.1, -0.05) is 6.07 Å². The number of urea groups is 1. The molecule has 0 unspecified atom stereocenters. The number of primary amides is 1. The van der Waals surface area contributed by atoms with Crippen molar-refractivity contribution in [3.63, 3.8) is 0 Å². The molecule has 2 heterocycles. The van der Waals surface area contributed by atoms with Crippen LogP contribution in [0.1, 0.15) is 31.5 Å². The summed E-state index contributed by atoms with van der Waals surface area (Å²) in [5.41, 5.74) is 7.65. The Labute approximate surface area is 187 Å². The Morgan fingerprint density at radius 1 is 1.31 bits per heavy atom. The van der Waals surface area contributed by atoms with Crippen LogP contribution in [0.5, 0.6) is 0 Å². The summed E-state index contributed by atoms with van der Waals surface area (Å²) < 4.78 is 20.0. The van der Waals surface area contributed by atoms with E-state index in [1.54, 1.807) is 36.2 Å². The number of carbonyl (C=O) groups excluding carboxylic acids is 2. The van der Waals surface area contributed by atoms with Gasteiger partial charge in [0, 0.05) is 38.4 Å². The summed E-state index contributed by atoms with van der Waals surface area (Å²) in [5, 5.41) is 0. The predicted octanol–water partition coefficient (Wildman–Crippen LogP) is 3.80. The normalized spacial score (nSPS) is 16.2. The third kappa shape index (κ3) is 5.53. The number of halogens is 1. The van der Waals surface area contributed by atoms with Gasteiger partial charge in [-0.2, -0.15) is 0 Å². The standard InChI is InChI=1S/C23H30FN5O3/c1-15(2)32-23(31)27(4)19-9-10-28(14-19)13-17-6-8-20(24)21(11-17)29(22(25)30)18-7-5-16(3)26-12-18/h5-8,11-12,15,19H,9-10,13-14H2,1-4H3,(H2,25,30)/t19-/m1/s1. The second-order valence-electron chi connectivity index (χ2n) is 8.34. The fourth-order valence-corrected chi connectivity index (χ4v) is 3.77. The van der Waals surface area contributed by atoms with E-state index in [0.717, 1.165) is 29.1 Å². The molecule has 2 aromatic rings. The summed E-state index contributed by atoms with van der Waals surface area (Å²) in [6.07, 6.45) is 1.81. The average Bonchev–Trinajstić information content (AvgIpc) is 3.19. The van der Waals surface area contributed by atoms with Crippen LogP contribution in [0.25, 0.3) is 0 Å². The number of benzene rings is 1. The maximum atomic E-state index is 14.7. The summed E-state index contributed by atoms with van der Waals surface area (Å²) in [7, 11) is 1.75. The van der Waals surface area contributed by atoms with Gasteiger partial charge in [0.05, 0.1) is 23.7 Å². The Kier molecular flexibility index (Phi) is 7.29. The van der Waals surface area contributed by atoms with Crippen molar-refractivity contribution in [2.24, 2.45) is 5.73 Å². The first-order chi connectivity index (χ1) is 15.2. The van der Waals surface area contributed by atoms with Crippen LogP contribution in [0.3, 0.4) is 0 Å². The summed E-state index contributed by atoms with van der Waals surface area (Å²) in [6, 6.07) is 7.32. The molecule has 8 nitrogen and oxygen atoms in total. The number of likely N-dealkylation sites (tertiary alicyclic amines) is 1. The molecule has 0 spiro atoms. The first-order valence-electron chi connectivity index (χ1n) is 10.6. The molecule has 1 aliphatic rings. The molecule has 0 radical (unpaired) electrons. The number of pyridine rings is 1. The number of aromatic nitrogens is 1. The van der Waals surface area contributed by atoms with Crippen molar-refractivity contribution in [1.82, 2.24) is 14.8 Å². The van der Waals surface area contributed by atoms with Gasteiger partial charge in [-0.3, -0.25) is 14.8 Å². The van der Waals surface area contributed by atoms with E-state index in [1.807, 2.05) is 20.8 Å². The molecule has 1 aromatic heterocycles. The van der Waals surface area contributed by atoms with Crippen LogP contribution in [-0.4, -0.2) is 59.2 Å². The zero-order chi connectivity index (χ0) is 23.4. The summed E-state index contributed by atoms with van der Waals surface area (Å²) in [5.74, 6) is -0.552. The quantitative estimate of drug-likeness (QED) is 0.733. The predicted molar refractivity (Wildman–Crippen MR) is 120 cm³/mol. The van der Waals surface area contributed by atoms with Crippen molar-refractivity contribution in [1.29, 1.82) is 0 Å². The summed E-state index contributed by atoms with van der Waals surface area (Å²) in [6.45, 7) is 7.48. The minimum absolute atomic E-state index is 0.0434. The van der Waals surface area contributed by atoms with Gasteiger partial charge in [-0.05, 0) is 57.0 Å². The number of ether oxygens (including phenoxy) is 1. The minimum Gasteiger partial charge on any atom is -0.447 e. The van der Waals surface area contributed by atoms with Crippen molar-refractivity contribution in [2.45, 2.75) is 45.9 Å². The molecule has 1 saturated heterocycles. The van der Waals surface area contributed by atoms with Crippen molar-refractivity contribution in [3.05, 3.63) is 53.6 Å². The lowest BCUT2D eigenvalue weighted by Crippen LogP contribution is -2.40. The number of hydrogen-bond acceptors (Lipinski definition) is 5. The summed E-state index contributed by atoms with van der Waals surface area (Å²) >= 11 is 0. The van der Waals surface area contributed by atoms with Gasteiger partial charge in [0.2, 0.25) is 0 Å². The van der Waals surface area contributed by atoms with E-state index in [-0.39, 0.29) is 23.9 Å². The largest absolute Gasteiger partial charge is 0.447 e. The molecule has 1 aromatic carbocycles. The molecule has 9 heteroatoms. The van der Waals surface area contributed by atoms with Crippen molar-refractivity contribution < 1.29 is 18.7 Å². The molecular formula is C23H30FN5O3. The molecule has 0 bridgehead atoms. The van der Waals surface area contributed by atoms with Crippen LogP contribution in [-0.2, 0) is 11.3 Å². The van der Waals surface area contributed by atoms with Crippen LogP contribution >= 0.6 is 0 Å². The zero-order valence-corrected chi connectivity index (χ0v) is 18.9. The Morgan fingerprint density at radius 2 is 2.06 bits per heavy atom. The number of nitrogens with zero attached hydrogens (tertiary/aromatic N) is 4. The lowest BCUT2D eigenvalue weighted by Gasteiger charge is -2.25. The minimum atomic E-state index is -0.793. The first-order valence-corrected chi connectivity index (χ1v) is 10.6. The molecule has 1 fully saturated rings. The molecule has 0 aliphatic carbocycles. The van der Waals surface area contributed by atoms with E-state index >= 15 is 0 Å². The Hall–Kier alpha value is -3.20. The Bertz CT molecular complexity index is 967. The van der Waals surface area contributed by atoms with E-state index in [0.29, 0.717) is 18.8 Å². The van der Waals surface area contributed by atoms with E-state index in [2.05, 4.69) is 9.88 Å². The van der Waals surface area contributed by atoms with Gasteiger partial charge >= 0.3 is 12.1 Å². The van der Waals surface area contributed by atoms with Crippen molar-refractivity contribution in [3.8, 4) is 0 Å². The molecule has 2 N–H and O–H groups in total. The van der Waals surface area contributed by atoms with E-state index in [4.69, 9.17) is 10.5 Å². The maximum Gasteiger partial charge on any atom is 0.410 e. The smallest absolute Gasteiger partial charge is 0.410 e. The Balaban J connectivity index is 1.74. The molecule has 3 amide bonds. The molecule has 32 heavy (non-hydrogen) atoms. The number of rotatable bonds is 6. The number of likely N-dealkylation sites (N-methyl/N-ethyl adjacent to an activating group) is 1. The average molecular weight is 444 g/mol. The second kappa shape index (κ2) is 9.95. The zero-order valence-electron chi connectivity index (χ0n) is 18.9. The van der Waals surface area contributed by atoms with Crippen LogP contribution in [0, 0.1) is 12.7 Å². The molecule has 1 aliphatic heterocycles. The third-order valence-corrected chi connectivity index (χ3v) is 5.45. The number of aryl methyl sites for hydroxylation is 1. The van der Waals surface area contributed by atoms with Crippen molar-refractivity contribution in [2.75, 3.05) is 25.0 Å². The molecule has 3 rings (SSSR count). The highest BCUT2D eigenvalue weighted by molar-refractivity contribution is 5.98. The molecule has 172 valence electrons. The molecule has 1 atom stereocenters. The van der Waals surface area contributed by atoms with Gasteiger partial charge in [-0.15, -0.1) is 0 Å². The second-order valence-corrected chi connectivity index (χ2v) is 8.34. The number of anilines is 2. The SMILES string of the molecule is Cc1ccc(N(C(N)=O)c2cc(CN3CC[C@@H](N(C)C(=O)OC(C)C)C3)ccc2F)cn1. The van der Waals surface area contributed by atoms with Gasteiger partial charge in [0.1, 0.15) is 5.82 Å². The van der Waals surface area contributed by atoms with E-state index in [1.165, 1.54) is 12.3 Å². The van der Waals surface area contributed by atoms with Crippen molar-refractivity contribution >= 4 is 23.5 Å². The third-order valence-electron chi connectivity index (χ3n) is 5.45. The van der Waals surface area contributed by atoms with Crippen LogP contribution in [0.4, 0.5) is 25.4 Å². The molecular weight excluding hydrogens is 413 g/mol. The monoisotopic (exact) mass is 443 g/mol. The number of nitrogens with two attached hydrogens (primary N) is 1. The summed E-state index contributed by atoms with van der Waals surface area (Å²) in [4.78, 5) is 33.4. The maximum absolute atomic E-state index is 14.7. The first kappa shape index (κ1) is 23.5. The number of carbonyl (C=O) groups is 2. The number of amides is 3. The van der Waals surface area contributed by atoms with Crippen LogP contribution < -0.4 is 10.6 Å². The highest BCUT2D eigenvalue weighted by atomic mass is 19.1.